The van der Waals surface area contributed by atoms with Crippen LogP contribution in [0.3, 0.4) is 0 Å². The fourth-order valence-electron chi connectivity index (χ4n) is 4.02. The zero-order valence-corrected chi connectivity index (χ0v) is 8.74. The lowest BCUT2D eigenvalue weighted by atomic mass is 9.75. The first-order valence-corrected chi connectivity index (χ1v) is 6.11. The Bertz CT molecular complexity index is 277. The Morgan fingerprint density at radius 2 is 2.07 bits per heavy atom. The van der Waals surface area contributed by atoms with Crippen LogP contribution < -0.4 is 0 Å². The van der Waals surface area contributed by atoms with Crippen molar-refractivity contribution in [1.29, 1.82) is 0 Å². The Morgan fingerprint density at radius 1 is 1.14 bits per heavy atom. The number of ether oxygens (including phenoxy) is 2. The average Bonchev–Trinajstić information content (AvgIpc) is 3.04. The third-order valence-electron chi connectivity index (χ3n) is 4.92. The largest absolute Gasteiger partial charge is 0.369 e. The van der Waals surface area contributed by atoms with Crippen molar-refractivity contribution in [3.8, 4) is 0 Å². The molecule has 0 spiro atoms. The van der Waals surface area contributed by atoms with Crippen molar-refractivity contribution >= 4 is 0 Å². The van der Waals surface area contributed by atoms with E-state index in [9.17, 15) is 0 Å². The molecule has 6 atom stereocenters. The fraction of sp³-hybridized carbons (Fsp3) is 1.00. The second kappa shape index (κ2) is 2.35. The van der Waals surface area contributed by atoms with Crippen molar-refractivity contribution in [2.24, 2.45) is 11.8 Å². The summed E-state index contributed by atoms with van der Waals surface area (Å²) in [5.74, 6) is 1.67. The maximum absolute atomic E-state index is 5.90. The van der Waals surface area contributed by atoms with Gasteiger partial charge < -0.3 is 9.47 Å². The second-order valence-electron chi connectivity index (χ2n) is 5.79. The van der Waals surface area contributed by atoms with Crippen LogP contribution in [0.25, 0.3) is 0 Å². The lowest BCUT2D eigenvalue weighted by molar-refractivity contribution is 0.169. The molecule has 2 aliphatic carbocycles. The van der Waals surface area contributed by atoms with Gasteiger partial charge in [-0.1, -0.05) is 6.42 Å². The van der Waals surface area contributed by atoms with Gasteiger partial charge in [0.15, 0.2) is 0 Å². The van der Waals surface area contributed by atoms with Gasteiger partial charge in [0.2, 0.25) is 0 Å². The molecule has 4 aliphatic rings. The van der Waals surface area contributed by atoms with E-state index in [2.05, 4.69) is 6.92 Å². The first kappa shape index (κ1) is 8.12. The number of hydrogen-bond acceptors (Lipinski definition) is 2. The summed E-state index contributed by atoms with van der Waals surface area (Å²) < 4.78 is 11.6. The number of rotatable bonds is 1. The van der Waals surface area contributed by atoms with E-state index in [-0.39, 0.29) is 5.60 Å². The Balaban J connectivity index is 1.55. The molecule has 0 bridgehead atoms. The molecule has 0 amide bonds. The first-order valence-electron chi connectivity index (χ1n) is 6.11. The number of hydrogen-bond donors (Lipinski definition) is 0. The molecule has 0 aromatic heterocycles. The Morgan fingerprint density at radius 3 is 2.79 bits per heavy atom. The van der Waals surface area contributed by atoms with E-state index in [0.717, 1.165) is 11.8 Å². The highest BCUT2D eigenvalue weighted by molar-refractivity contribution is 5.11. The topological polar surface area (TPSA) is 25.1 Å². The summed E-state index contributed by atoms with van der Waals surface area (Å²) in [6.45, 7) is 2.30. The monoisotopic (exact) mass is 194 g/mol. The van der Waals surface area contributed by atoms with E-state index >= 15 is 0 Å². The molecule has 0 radical (unpaired) electrons. The standard InChI is InChI=1S/C12H18O2/c1-12-6-2-3-8(11(12)14-12)7-4-5-9-10(7)13-9/h7-11H,2-6H2,1H3. The predicted molar refractivity (Wildman–Crippen MR) is 52.0 cm³/mol. The first-order chi connectivity index (χ1) is 6.78. The van der Waals surface area contributed by atoms with E-state index in [4.69, 9.17) is 9.47 Å². The molecule has 0 aromatic carbocycles. The van der Waals surface area contributed by atoms with E-state index in [1.54, 1.807) is 0 Å². The molecule has 78 valence electrons. The molecule has 4 fully saturated rings. The van der Waals surface area contributed by atoms with Crippen LogP contribution in [0, 0.1) is 11.8 Å². The molecule has 2 heteroatoms. The van der Waals surface area contributed by atoms with Gasteiger partial charge in [0.05, 0.1) is 23.9 Å². The van der Waals surface area contributed by atoms with E-state index in [1.807, 2.05) is 0 Å². The summed E-state index contributed by atoms with van der Waals surface area (Å²) in [4.78, 5) is 0. The van der Waals surface area contributed by atoms with Crippen LogP contribution in [0.2, 0.25) is 0 Å². The van der Waals surface area contributed by atoms with E-state index < -0.39 is 0 Å². The SMILES string of the molecule is CC12CCCC(C3CCC4OC43)C1O2. The molecular weight excluding hydrogens is 176 g/mol. The van der Waals surface area contributed by atoms with Crippen molar-refractivity contribution in [2.75, 3.05) is 0 Å². The molecule has 6 unspecified atom stereocenters. The predicted octanol–water partition coefficient (Wildman–Crippen LogP) is 2.12. The molecule has 0 aromatic rings. The minimum absolute atomic E-state index is 0.274. The molecule has 2 aliphatic heterocycles. The normalized spacial score (nSPS) is 64.5. The smallest absolute Gasteiger partial charge is 0.0923 e. The summed E-state index contributed by atoms with van der Waals surface area (Å²) in [5, 5.41) is 0. The van der Waals surface area contributed by atoms with Crippen molar-refractivity contribution in [3.05, 3.63) is 0 Å². The van der Waals surface area contributed by atoms with E-state index in [1.165, 1.54) is 32.1 Å². The third-order valence-corrected chi connectivity index (χ3v) is 4.92. The van der Waals surface area contributed by atoms with Gasteiger partial charge in [-0.3, -0.25) is 0 Å². The molecule has 2 heterocycles. The fourth-order valence-corrected chi connectivity index (χ4v) is 4.02. The highest BCUT2D eigenvalue weighted by Gasteiger charge is 2.63. The summed E-state index contributed by atoms with van der Waals surface area (Å²) in [6, 6.07) is 0. The van der Waals surface area contributed by atoms with Crippen molar-refractivity contribution in [1.82, 2.24) is 0 Å². The zero-order valence-electron chi connectivity index (χ0n) is 8.74. The van der Waals surface area contributed by atoms with Crippen molar-refractivity contribution in [3.63, 3.8) is 0 Å². The van der Waals surface area contributed by atoms with Gasteiger partial charge in [0.1, 0.15) is 0 Å². The van der Waals surface area contributed by atoms with Crippen LogP contribution in [-0.2, 0) is 9.47 Å². The van der Waals surface area contributed by atoms with Gasteiger partial charge in [-0.15, -0.1) is 0 Å². The number of fused-ring (bicyclic) bond motifs is 2. The summed E-state index contributed by atoms with van der Waals surface area (Å²) >= 11 is 0. The molecule has 4 rings (SSSR count). The summed E-state index contributed by atoms with van der Waals surface area (Å²) in [5.41, 5.74) is 0.274. The Hall–Kier alpha value is -0.0800. The van der Waals surface area contributed by atoms with Gasteiger partial charge in [0.25, 0.3) is 0 Å². The molecule has 2 saturated heterocycles. The van der Waals surface area contributed by atoms with E-state index in [0.29, 0.717) is 18.3 Å². The lowest BCUT2D eigenvalue weighted by Crippen LogP contribution is -2.30. The summed E-state index contributed by atoms with van der Waals surface area (Å²) in [6.07, 6.45) is 8.62. The highest BCUT2D eigenvalue weighted by Crippen LogP contribution is 2.57. The highest BCUT2D eigenvalue weighted by atomic mass is 16.6. The van der Waals surface area contributed by atoms with Crippen molar-refractivity contribution in [2.45, 2.75) is 62.9 Å². The van der Waals surface area contributed by atoms with Gasteiger partial charge in [0, 0.05) is 0 Å². The average molecular weight is 194 g/mol. The van der Waals surface area contributed by atoms with Crippen LogP contribution in [0.4, 0.5) is 0 Å². The van der Waals surface area contributed by atoms with Crippen molar-refractivity contribution < 1.29 is 9.47 Å². The summed E-state index contributed by atoms with van der Waals surface area (Å²) in [7, 11) is 0. The molecular formula is C12H18O2. The lowest BCUT2D eigenvalue weighted by Gasteiger charge is -2.27. The molecule has 2 saturated carbocycles. The molecule has 14 heavy (non-hydrogen) atoms. The maximum Gasteiger partial charge on any atom is 0.0923 e. The maximum atomic E-state index is 5.90. The quantitative estimate of drug-likeness (QED) is 0.597. The van der Waals surface area contributed by atoms with Crippen LogP contribution in [0.5, 0.6) is 0 Å². The molecule has 2 nitrogen and oxygen atoms in total. The minimum Gasteiger partial charge on any atom is -0.369 e. The Labute approximate surface area is 85.0 Å². The Kier molecular flexibility index (Phi) is 1.37. The van der Waals surface area contributed by atoms with Gasteiger partial charge in [-0.05, 0) is 44.4 Å². The second-order valence-corrected chi connectivity index (χ2v) is 5.79. The van der Waals surface area contributed by atoms with Gasteiger partial charge in [-0.2, -0.15) is 0 Å². The van der Waals surface area contributed by atoms with Gasteiger partial charge in [-0.25, -0.2) is 0 Å². The molecule has 0 N–H and O–H groups in total. The van der Waals surface area contributed by atoms with Crippen LogP contribution >= 0.6 is 0 Å². The third kappa shape index (κ3) is 0.938. The van der Waals surface area contributed by atoms with Crippen LogP contribution in [0.15, 0.2) is 0 Å². The zero-order chi connectivity index (χ0) is 9.34. The number of epoxide rings is 2. The van der Waals surface area contributed by atoms with Gasteiger partial charge >= 0.3 is 0 Å². The minimum atomic E-state index is 0.274. The van der Waals surface area contributed by atoms with Crippen LogP contribution in [0.1, 0.15) is 39.0 Å². The van der Waals surface area contributed by atoms with Crippen LogP contribution in [-0.4, -0.2) is 23.9 Å².